The predicted molar refractivity (Wildman–Crippen MR) is 117 cm³/mol. The second-order valence-corrected chi connectivity index (χ2v) is 8.31. The summed E-state index contributed by atoms with van der Waals surface area (Å²) in [5, 5.41) is 19.2. The van der Waals surface area contributed by atoms with Crippen LogP contribution in [-0.4, -0.2) is 42.6 Å². The van der Waals surface area contributed by atoms with Crippen LogP contribution in [-0.2, 0) is 0 Å². The largest absolute Gasteiger partial charge is 0.598 e. The number of ether oxygens (including phenoxy) is 1. The molecule has 1 aliphatic rings. The molecule has 1 aliphatic heterocycles. The molecule has 2 aromatic rings. The molecule has 1 N–H and O–H groups in total. The predicted octanol–water partition coefficient (Wildman–Crippen LogP) is 5.36. The Hall–Kier alpha value is -3.32. The summed E-state index contributed by atoms with van der Waals surface area (Å²) in [5.74, 6) is -5.65. The Bertz CT molecular complexity index is 1150. The van der Waals surface area contributed by atoms with Crippen LogP contribution in [0.5, 0.6) is 5.75 Å². The summed E-state index contributed by atoms with van der Waals surface area (Å²) >= 11 is 0. The zero-order chi connectivity index (χ0) is 26.3. The first kappa shape index (κ1) is 26.3. The minimum Gasteiger partial charge on any atom is -0.598 e. The topological polar surface area (TPSA) is 77.0 Å². The lowest BCUT2D eigenvalue weighted by atomic mass is 10.1. The van der Waals surface area contributed by atoms with Gasteiger partial charge in [-0.15, -0.1) is 0 Å². The van der Waals surface area contributed by atoms with E-state index in [4.69, 9.17) is 4.74 Å². The van der Waals surface area contributed by atoms with Crippen molar-refractivity contribution in [2.24, 2.45) is 11.0 Å². The number of hydrogen-bond donors (Lipinski definition) is 1. The van der Waals surface area contributed by atoms with Crippen molar-refractivity contribution in [2.45, 2.75) is 33.1 Å². The van der Waals surface area contributed by atoms with E-state index < -0.39 is 63.1 Å². The zero-order valence-electron chi connectivity index (χ0n) is 19.1. The van der Waals surface area contributed by atoms with Crippen LogP contribution in [0.25, 0.3) is 0 Å². The second kappa shape index (κ2) is 9.38. The van der Waals surface area contributed by atoms with Crippen LogP contribution in [0, 0.1) is 28.6 Å². The van der Waals surface area contributed by atoms with Crippen molar-refractivity contribution < 1.29 is 35.9 Å². The number of nitrogens with one attached hydrogen (secondary N) is 1. The number of para-hydroxylation sites is 1. The standard InChI is InChI=1S/C22H22F6N4O3/c1-11(2)20-30-32(34,10-31(20)4)17-9-18(35-12(3)22(26,27)28)13(8-16(17)25)21(33)29-19-14(23)6-5-7-15(19)24/h5-9,11-12H,10H2,1-4H3,(H,29,33)/t12-,32?/m0/s1. The van der Waals surface area contributed by atoms with E-state index in [1.54, 1.807) is 20.9 Å². The van der Waals surface area contributed by atoms with E-state index in [0.29, 0.717) is 24.9 Å². The smallest absolute Gasteiger partial charge is 0.425 e. The van der Waals surface area contributed by atoms with Gasteiger partial charge in [0.25, 0.3) is 5.91 Å². The molecule has 0 saturated heterocycles. The number of carbonyl (C=O) groups is 1. The number of hydrogen-bond acceptors (Lipinski definition) is 5. The monoisotopic (exact) mass is 504 g/mol. The summed E-state index contributed by atoms with van der Waals surface area (Å²) in [6, 6.07) is 3.83. The summed E-state index contributed by atoms with van der Waals surface area (Å²) in [6.07, 6.45) is -7.34. The number of alkyl halides is 3. The molecule has 190 valence electrons. The number of nitrogens with zero attached hydrogens (tertiary/aromatic N) is 3. The van der Waals surface area contributed by atoms with Crippen molar-refractivity contribution in [3.63, 3.8) is 0 Å². The molecule has 2 atom stereocenters. The van der Waals surface area contributed by atoms with E-state index in [-0.39, 0.29) is 12.6 Å². The maximum absolute atomic E-state index is 15.1. The van der Waals surface area contributed by atoms with Crippen LogP contribution in [0.15, 0.2) is 35.4 Å². The highest BCUT2D eigenvalue weighted by atomic mass is 19.4. The third-order valence-electron chi connectivity index (χ3n) is 5.21. The zero-order valence-corrected chi connectivity index (χ0v) is 19.1. The Balaban J connectivity index is 2.11. The number of rotatable bonds is 6. The molecule has 0 aliphatic carbocycles. The first-order valence-electron chi connectivity index (χ1n) is 10.4. The lowest BCUT2D eigenvalue weighted by molar-refractivity contribution is -0.189. The number of hydroxylamine groups is 1. The molecule has 1 amide bonds. The van der Waals surface area contributed by atoms with Crippen LogP contribution in [0.4, 0.5) is 37.7 Å². The quantitative estimate of drug-likeness (QED) is 0.326. The van der Waals surface area contributed by atoms with Crippen molar-refractivity contribution in [1.82, 2.24) is 9.66 Å². The molecule has 0 aromatic heterocycles. The molecule has 1 heterocycles. The first-order chi connectivity index (χ1) is 16.1. The summed E-state index contributed by atoms with van der Waals surface area (Å²) in [4.78, 5) is 14.2. The highest BCUT2D eigenvalue weighted by molar-refractivity contribution is 6.06. The highest BCUT2D eigenvalue weighted by Gasteiger charge is 2.41. The van der Waals surface area contributed by atoms with Gasteiger partial charge in [0, 0.05) is 19.0 Å². The first-order valence-corrected chi connectivity index (χ1v) is 10.4. The molecular weight excluding hydrogens is 482 g/mol. The number of amides is 1. The van der Waals surface area contributed by atoms with Gasteiger partial charge in [0.1, 0.15) is 23.1 Å². The van der Waals surface area contributed by atoms with Gasteiger partial charge in [0.15, 0.2) is 24.4 Å². The minimum absolute atomic E-state index is 0.210. The Morgan fingerprint density at radius 3 is 2.26 bits per heavy atom. The number of carbonyl (C=O) groups excluding carboxylic acids is 1. The van der Waals surface area contributed by atoms with Gasteiger partial charge in [-0.05, 0) is 25.1 Å². The summed E-state index contributed by atoms with van der Waals surface area (Å²) < 4.78 is 85.8. The van der Waals surface area contributed by atoms with E-state index in [1.807, 2.05) is 5.32 Å². The normalized spacial score (nSPS) is 19.1. The van der Waals surface area contributed by atoms with Gasteiger partial charge in [0.05, 0.1) is 5.56 Å². The third kappa shape index (κ3) is 5.35. The number of amidine groups is 1. The lowest BCUT2D eigenvalue weighted by Gasteiger charge is -2.32. The molecule has 0 radical (unpaired) electrons. The number of anilines is 1. The third-order valence-corrected chi connectivity index (χ3v) is 5.21. The van der Waals surface area contributed by atoms with Crippen LogP contribution < -0.4 is 14.8 Å². The molecule has 0 fully saturated rings. The highest BCUT2D eigenvalue weighted by Crippen LogP contribution is 2.38. The van der Waals surface area contributed by atoms with Crippen molar-refractivity contribution in [3.8, 4) is 5.75 Å². The van der Waals surface area contributed by atoms with Crippen LogP contribution >= 0.6 is 0 Å². The van der Waals surface area contributed by atoms with Crippen molar-refractivity contribution >= 4 is 23.1 Å². The van der Waals surface area contributed by atoms with E-state index in [1.165, 1.54) is 4.90 Å². The van der Waals surface area contributed by atoms with Crippen LogP contribution in [0.3, 0.4) is 0 Å². The Kier molecular flexibility index (Phi) is 7.04. The number of quaternary nitrogens is 1. The van der Waals surface area contributed by atoms with Crippen molar-refractivity contribution in [3.05, 3.63) is 58.6 Å². The molecule has 3 rings (SSSR count). The number of benzene rings is 2. The molecule has 7 nitrogen and oxygen atoms in total. The number of halogens is 6. The molecule has 1 unspecified atom stereocenters. The maximum atomic E-state index is 15.1. The molecule has 0 spiro atoms. The van der Waals surface area contributed by atoms with Gasteiger partial charge in [-0.1, -0.05) is 25.0 Å². The summed E-state index contributed by atoms with van der Waals surface area (Å²) in [7, 11) is 1.54. The average Bonchev–Trinajstić information content (AvgIpc) is 3.06. The van der Waals surface area contributed by atoms with Gasteiger partial charge in [-0.25, -0.2) is 13.2 Å². The summed E-state index contributed by atoms with van der Waals surface area (Å²) in [6.45, 7) is 3.75. The van der Waals surface area contributed by atoms with E-state index in [9.17, 15) is 32.0 Å². The fourth-order valence-electron chi connectivity index (χ4n) is 3.46. The Labute approximate surface area is 196 Å². The molecule has 35 heavy (non-hydrogen) atoms. The van der Waals surface area contributed by atoms with E-state index in [0.717, 1.165) is 18.2 Å². The maximum Gasteiger partial charge on any atom is 0.425 e. The average molecular weight is 504 g/mol. The molecule has 0 saturated carbocycles. The molecule has 0 bridgehead atoms. The van der Waals surface area contributed by atoms with Crippen LogP contribution in [0.1, 0.15) is 31.1 Å². The second-order valence-electron chi connectivity index (χ2n) is 8.31. The van der Waals surface area contributed by atoms with Crippen molar-refractivity contribution in [1.29, 1.82) is 0 Å². The van der Waals surface area contributed by atoms with Gasteiger partial charge in [-0.2, -0.15) is 17.9 Å². The van der Waals surface area contributed by atoms with Gasteiger partial charge in [-0.3, -0.25) is 4.79 Å². The molecule has 13 heteroatoms. The minimum atomic E-state index is -4.87. The fraction of sp³-hybridized carbons (Fsp3) is 0.364. The van der Waals surface area contributed by atoms with Gasteiger partial charge < -0.3 is 20.2 Å². The fourth-order valence-corrected chi connectivity index (χ4v) is 3.46. The van der Waals surface area contributed by atoms with Crippen molar-refractivity contribution in [2.75, 3.05) is 19.0 Å². The Morgan fingerprint density at radius 2 is 1.74 bits per heavy atom. The molecule has 2 aromatic carbocycles. The van der Waals surface area contributed by atoms with Crippen LogP contribution in [0.2, 0.25) is 0 Å². The lowest BCUT2D eigenvalue weighted by Crippen LogP contribution is -2.40. The Morgan fingerprint density at radius 1 is 1.14 bits per heavy atom. The summed E-state index contributed by atoms with van der Waals surface area (Å²) in [5.41, 5.74) is -2.40. The van der Waals surface area contributed by atoms with Gasteiger partial charge in [0.2, 0.25) is 5.69 Å². The molecular formula is C22H22F6N4O3. The van der Waals surface area contributed by atoms with E-state index >= 15 is 4.39 Å². The van der Waals surface area contributed by atoms with E-state index in [2.05, 4.69) is 5.10 Å². The van der Waals surface area contributed by atoms with Gasteiger partial charge >= 0.3 is 6.18 Å². The SMILES string of the molecule is CC(C)C1=N[N+]([O-])(c2cc(O[C@@H](C)C(F)(F)F)c(C(=O)Nc3c(F)cccc3F)cc2F)CN1C.